The molecule has 0 aromatic heterocycles. The highest BCUT2D eigenvalue weighted by Crippen LogP contribution is 2.29. The molecular weight excluding hydrogens is 420 g/mol. The van der Waals surface area contributed by atoms with Gasteiger partial charge >= 0.3 is 0 Å². The van der Waals surface area contributed by atoms with E-state index in [9.17, 15) is 4.79 Å². The molecule has 1 heterocycles. The Morgan fingerprint density at radius 2 is 1.81 bits per heavy atom. The van der Waals surface area contributed by atoms with Gasteiger partial charge in [-0.15, -0.1) is 10.2 Å². The number of thioether (sulfide) groups is 1. The first-order valence-electron chi connectivity index (χ1n) is 7.58. The van der Waals surface area contributed by atoms with E-state index in [-0.39, 0.29) is 11.7 Å². The lowest BCUT2D eigenvalue weighted by molar-refractivity contribution is 0.108. The van der Waals surface area contributed by atoms with Crippen molar-refractivity contribution >= 4 is 43.7 Å². The monoisotopic (exact) mass is 434 g/mol. The van der Waals surface area contributed by atoms with Crippen LogP contribution >= 0.6 is 27.7 Å². The largest absolute Gasteiger partial charge is 0.493 e. The average Bonchev–Trinajstić information content (AvgIpc) is 2.68. The van der Waals surface area contributed by atoms with Crippen molar-refractivity contribution in [2.45, 2.75) is 0 Å². The lowest BCUT2D eigenvalue weighted by Crippen LogP contribution is -2.18. The molecule has 0 radical (unpaired) electrons. The molecule has 26 heavy (non-hydrogen) atoms. The van der Waals surface area contributed by atoms with Gasteiger partial charge in [-0.25, -0.2) is 0 Å². The summed E-state index contributed by atoms with van der Waals surface area (Å²) in [6.07, 6.45) is 0. The maximum Gasteiger partial charge on any atom is 0.241 e. The Kier molecular flexibility index (Phi) is 5.95. The third-order valence-corrected chi connectivity index (χ3v) is 4.89. The van der Waals surface area contributed by atoms with E-state index in [0.29, 0.717) is 28.0 Å². The van der Waals surface area contributed by atoms with Gasteiger partial charge in [0.1, 0.15) is 11.7 Å². The van der Waals surface area contributed by atoms with Gasteiger partial charge in [0.15, 0.2) is 11.5 Å². The standard InChI is InChI=1S/C18H15BrN2O4S/c1-23-14-8-5-12(9-15(14)24-2)18(22)26-16-10-25-17(21-20-16)11-3-6-13(19)7-4-11/h3-9H,10H2,1-2H3. The van der Waals surface area contributed by atoms with Crippen molar-refractivity contribution in [3.63, 3.8) is 0 Å². The van der Waals surface area contributed by atoms with E-state index in [4.69, 9.17) is 14.2 Å². The highest BCUT2D eigenvalue weighted by molar-refractivity contribution is 9.10. The minimum atomic E-state index is -0.171. The number of benzene rings is 2. The molecule has 8 heteroatoms. The van der Waals surface area contributed by atoms with Gasteiger partial charge in [-0.05, 0) is 54.2 Å². The van der Waals surface area contributed by atoms with Crippen LogP contribution in [0.3, 0.4) is 0 Å². The van der Waals surface area contributed by atoms with Gasteiger partial charge in [0.05, 0.1) is 14.2 Å². The third kappa shape index (κ3) is 4.25. The van der Waals surface area contributed by atoms with Crippen molar-refractivity contribution in [2.24, 2.45) is 10.2 Å². The molecule has 134 valence electrons. The van der Waals surface area contributed by atoms with E-state index in [1.807, 2.05) is 24.3 Å². The van der Waals surface area contributed by atoms with Crippen LogP contribution in [-0.2, 0) is 4.74 Å². The zero-order valence-electron chi connectivity index (χ0n) is 14.1. The Balaban J connectivity index is 1.71. The highest BCUT2D eigenvalue weighted by Gasteiger charge is 2.18. The molecule has 0 atom stereocenters. The minimum absolute atomic E-state index is 0.171. The summed E-state index contributed by atoms with van der Waals surface area (Å²) in [5.41, 5.74) is 1.31. The summed E-state index contributed by atoms with van der Waals surface area (Å²) < 4.78 is 17.0. The van der Waals surface area contributed by atoms with Gasteiger partial charge in [0, 0.05) is 15.6 Å². The van der Waals surface area contributed by atoms with Gasteiger partial charge in [0.25, 0.3) is 0 Å². The molecule has 3 rings (SSSR count). The number of ether oxygens (including phenoxy) is 3. The topological polar surface area (TPSA) is 69.5 Å². The van der Waals surface area contributed by atoms with Crippen LogP contribution in [0.2, 0.25) is 0 Å². The van der Waals surface area contributed by atoms with E-state index in [1.54, 1.807) is 25.3 Å². The van der Waals surface area contributed by atoms with E-state index in [0.717, 1.165) is 21.8 Å². The molecule has 0 unspecified atom stereocenters. The average molecular weight is 435 g/mol. The van der Waals surface area contributed by atoms with E-state index in [2.05, 4.69) is 26.1 Å². The minimum Gasteiger partial charge on any atom is -0.493 e. The van der Waals surface area contributed by atoms with Crippen molar-refractivity contribution in [3.8, 4) is 11.5 Å². The van der Waals surface area contributed by atoms with Crippen molar-refractivity contribution in [2.75, 3.05) is 20.8 Å². The predicted octanol–water partition coefficient (Wildman–Crippen LogP) is 4.13. The third-order valence-electron chi connectivity index (χ3n) is 3.51. The molecule has 1 aliphatic heterocycles. The summed E-state index contributed by atoms with van der Waals surface area (Å²) in [6.45, 7) is 0.193. The molecule has 0 spiro atoms. The number of hydrogen-bond donors (Lipinski definition) is 0. The SMILES string of the molecule is COc1ccc(C(=O)SC2=NN=C(c3ccc(Br)cc3)OC2)cc1OC. The summed E-state index contributed by atoms with van der Waals surface area (Å²) >= 11 is 4.36. The van der Waals surface area contributed by atoms with Crippen LogP contribution in [0.1, 0.15) is 15.9 Å². The van der Waals surface area contributed by atoms with Gasteiger partial charge in [-0.1, -0.05) is 15.9 Å². The highest BCUT2D eigenvalue weighted by atomic mass is 79.9. The van der Waals surface area contributed by atoms with E-state index >= 15 is 0 Å². The second-order valence-electron chi connectivity index (χ2n) is 5.15. The fraction of sp³-hybridized carbons (Fsp3) is 0.167. The van der Waals surface area contributed by atoms with Crippen LogP contribution < -0.4 is 9.47 Å². The summed E-state index contributed by atoms with van der Waals surface area (Å²) in [7, 11) is 3.07. The van der Waals surface area contributed by atoms with E-state index in [1.165, 1.54) is 7.11 Å². The smallest absolute Gasteiger partial charge is 0.241 e. The summed E-state index contributed by atoms with van der Waals surface area (Å²) in [5, 5.41) is 8.49. The Morgan fingerprint density at radius 1 is 1.08 bits per heavy atom. The van der Waals surface area contributed by atoms with Crippen LogP contribution in [0.5, 0.6) is 11.5 Å². The Hall–Kier alpha value is -2.32. The maximum atomic E-state index is 12.4. The van der Waals surface area contributed by atoms with Crippen LogP contribution in [0, 0.1) is 0 Å². The second-order valence-corrected chi connectivity index (χ2v) is 7.12. The molecular formula is C18H15BrN2O4S. The number of carbonyl (C=O) groups excluding carboxylic acids is 1. The normalized spacial score (nSPS) is 13.3. The molecule has 6 nitrogen and oxygen atoms in total. The predicted molar refractivity (Wildman–Crippen MR) is 106 cm³/mol. The molecule has 1 aliphatic rings. The van der Waals surface area contributed by atoms with Crippen molar-refractivity contribution in [1.82, 2.24) is 0 Å². The molecule has 0 fully saturated rings. The summed E-state index contributed by atoms with van der Waals surface area (Å²) in [6, 6.07) is 12.6. The summed E-state index contributed by atoms with van der Waals surface area (Å²) in [4.78, 5) is 12.4. The molecule has 0 saturated heterocycles. The maximum absolute atomic E-state index is 12.4. The molecule has 0 amide bonds. The number of hydrogen-bond acceptors (Lipinski definition) is 7. The molecule has 0 aliphatic carbocycles. The summed E-state index contributed by atoms with van der Waals surface area (Å²) in [5.74, 6) is 1.49. The van der Waals surface area contributed by atoms with Crippen molar-refractivity contribution < 1.29 is 19.0 Å². The fourth-order valence-corrected chi connectivity index (χ4v) is 3.12. The van der Waals surface area contributed by atoms with Gasteiger partial charge in [0.2, 0.25) is 11.0 Å². The number of methoxy groups -OCH3 is 2. The lowest BCUT2D eigenvalue weighted by atomic mass is 10.2. The molecule has 0 saturated carbocycles. The lowest BCUT2D eigenvalue weighted by Gasteiger charge is -2.13. The van der Waals surface area contributed by atoms with Crippen molar-refractivity contribution in [3.05, 3.63) is 58.1 Å². The molecule has 2 aromatic carbocycles. The Bertz CT molecular complexity index is 881. The number of nitrogens with zero attached hydrogens (tertiary/aromatic N) is 2. The van der Waals surface area contributed by atoms with Crippen LogP contribution in [0.25, 0.3) is 0 Å². The first-order valence-corrected chi connectivity index (χ1v) is 9.19. The Morgan fingerprint density at radius 3 is 2.42 bits per heavy atom. The molecule has 0 N–H and O–H groups in total. The van der Waals surface area contributed by atoms with E-state index < -0.39 is 0 Å². The zero-order valence-corrected chi connectivity index (χ0v) is 16.5. The van der Waals surface area contributed by atoms with Crippen LogP contribution in [0.4, 0.5) is 0 Å². The van der Waals surface area contributed by atoms with Gasteiger partial charge < -0.3 is 14.2 Å². The van der Waals surface area contributed by atoms with Crippen molar-refractivity contribution in [1.29, 1.82) is 0 Å². The first-order chi connectivity index (χ1) is 12.6. The Labute approximate surface area is 163 Å². The van der Waals surface area contributed by atoms with Crippen LogP contribution in [-0.4, -0.2) is 36.9 Å². The van der Waals surface area contributed by atoms with Crippen LogP contribution in [0.15, 0.2) is 57.1 Å². The van der Waals surface area contributed by atoms with Gasteiger partial charge in [-0.3, -0.25) is 4.79 Å². The quantitative estimate of drug-likeness (QED) is 0.723. The zero-order chi connectivity index (χ0) is 18.5. The van der Waals surface area contributed by atoms with Gasteiger partial charge in [-0.2, -0.15) is 0 Å². The number of halogens is 1. The second kappa shape index (κ2) is 8.37. The number of carbonyl (C=O) groups is 1. The molecule has 2 aromatic rings. The number of rotatable bonds is 4. The molecule has 0 bridgehead atoms. The first kappa shape index (κ1) is 18.5. The fourth-order valence-electron chi connectivity index (χ4n) is 2.20.